The Bertz CT molecular complexity index is 738. The average molecular weight is 431 g/mol. The normalized spacial score (nSPS) is 29.3. The number of aromatic nitrogens is 3. The van der Waals surface area contributed by atoms with E-state index >= 15 is 0 Å². The van der Waals surface area contributed by atoms with Crippen molar-refractivity contribution in [3.8, 4) is 0 Å². The number of aliphatic imine (C=N–C) groups is 1. The summed E-state index contributed by atoms with van der Waals surface area (Å²) in [5, 5.41) is 4.87. The Hall–Kier alpha value is -1.51. The number of ether oxygens (including phenoxy) is 2. The van der Waals surface area contributed by atoms with Crippen LogP contribution >= 0.6 is 0 Å². The van der Waals surface area contributed by atoms with Gasteiger partial charge >= 0.3 is 0 Å². The van der Waals surface area contributed by atoms with Crippen LogP contribution in [0.5, 0.6) is 0 Å². The summed E-state index contributed by atoms with van der Waals surface area (Å²) in [4.78, 5) is 15.0. The van der Waals surface area contributed by atoms with Crippen LogP contribution in [0, 0.1) is 5.92 Å². The Kier molecular flexibility index (Phi) is 7.16. The highest BCUT2D eigenvalue weighted by molar-refractivity contribution is 5.94. The smallest absolute Gasteiger partial charge is 0.249 e. The monoisotopic (exact) mass is 430 g/mol. The van der Waals surface area contributed by atoms with Gasteiger partial charge in [0.05, 0.1) is 33.0 Å². The summed E-state index contributed by atoms with van der Waals surface area (Å²) in [6.45, 7) is 7.86. The Labute approximate surface area is 186 Å². The van der Waals surface area contributed by atoms with Crippen LogP contribution in [-0.2, 0) is 16.0 Å². The minimum absolute atomic E-state index is 0.422. The Morgan fingerprint density at radius 3 is 2.13 bits per heavy atom. The zero-order valence-electron chi connectivity index (χ0n) is 18.9. The largest absolute Gasteiger partial charge is 0.379 e. The SMILES string of the molecule is C1CCCCC2Cn3nc(N4CCOCC4)nc3N=C2C(N2CCOCC2)CCCC1. The molecule has 1 aromatic heterocycles. The molecule has 0 bridgehead atoms. The van der Waals surface area contributed by atoms with E-state index in [0.29, 0.717) is 12.0 Å². The topological polar surface area (TPSA) is 68.0 Å². The summed E-state index contributed by atoms with van der Waals surface area (Å²) in [7, 11) is 0. The fourth-order valence-electron chi connectivity index (χ4n) is 5.54. The van der Waals surface area contributed by atoms with Gasteiger partial charge in [-0.15, -0.1) is 5.10 Å². The van der Waals surface area contributed by atoms with Gasteiger partial charge in [-0.1, -0.05) is 44.9 Å². The van der Waals surface area contributed by atoms with Crippen LogP contribution < -0.4 is 4.90 Å². The summed E-state index contributed by atoms with van der Waals surface area (Å²) in [6.07, 6.45) is 11.8. The lowest BCUT2D eigenvalue weighted by Gasteiger charge is -2.38. The fourth-order valence-corrected chi connectivity index (χ4v) is 5.54. The van der Waals surface area contributed by atoms with Gasteiger partial charge in [0.15, 0.2) is 0 Å². The predicted octanol–water partition coefficient (Wildman–Crippen LogP) is 3.04. The lowest BCUT2D eigenvalue weighted by atomic mass is 9.86. The summed E-state index contributed by atoms with van der Waals surface area (Å²) in [6, 6.07) is 0.422. The number of morpholine rings is 2. The van der Waals surface area contributed by atoms with Crippen LogP contribution in [0.2, 0.25) is 0 Å². The van der Waals surface area contributed by atoms with Crippen molar-refractivity contribution < 1.29 is 9.47 Å². The first kappa shape index (κ1) is 21.3. The molecule has 0 radical (unpaired) electrons. The molecule has 4 aliphatic rings. The fraction of sp³-hybridized carbons (Fsp3) is 0.870. The molecule has 1 saturated carbocycles. The summed E-state index contributed by atoms with van der Waals surface area (Å²) in [5.41, 5.74) is 1.37. The first-order chi connectivity index (χ1) is 15.4. The molecule has 0 N–H and O–H groups in total. The standard InChI is InChI=1S/C23H38N6O2/c1-2-4-6-8-19-18-29-22(25-23(26-29)28-12-16-31-17-13-28)24-21(19)20(9-7-5-3-1)27-10-14-30-15-11-27/h19-20H,1-18H2. The van der Waals surface area contributed by atoms with Crippen LogP contribution in [-0.4, -0.2) is 84.0 Å². The second-order valence-electron chi connectivity index (χ2n) is 9.44. The van der Waals surface area contributed by atoms with Crippen LogP contribution in [0.3, 0.4) is 0 Å². The number of hydrogen-bond donors (Lipinski definition) is 0. The van der Waals surface area contributed by atoms with Gasteiger partial charge in [-0.3, -0.25) is 4.90 Å². The number of hydrogen-bond acceptors (Lipinski definition) is 7. The second kappa shape index (κ2) is 10.4. The molecule has 3 aliphatic heterocycles. The van der Waals surface area contributed by atoms with Crippen molar-refractivity contribution in [1.82, 2.24) is 19.7 Å². The van der Waals surface area contributed by atoms with Gasteiger partial charge in [0.2, 0.25) is 11.9 Å². The highest BCUT2D eigenvalue weighted by Gasteiger charge is 2.34. The Morgan fingerprint density at radius 1 is 0.742 bits per heavy atom. The molecular weight excluding hydrogens is 392 g/mol. The summed E-state index contributed by atoms with van der Waals surface area (Å²) >= 11 is 0. The minimum atomic E-state index is 0.422. The third-order valence-corrected chi connectivity index (χ3v) is 7.33. The second-order valence-corrected chi connectivity index (χ2v) is 9.44. The van der Waals surface area contributed by atoms with E-state index in [4.69, 9.17) is 24.5 Å². The predicted molar refractivity (Wildman–Crippen MR) is 121 cm³/mol. The van der Waals surface area contributed by atoms with E-state index in [2.05, 4.69) is 14.5 Å². The number of nitrogens with zero attached hydrogens (tertiary/aromatic N) is 6. The first-order valence-electron chi connectivity index (χ1n) is 12.6. The van der Waals surface area contributed by atoms with Crippen molar-refractivity contribution in [2.45, 2.75) is 70.4 Å². The molecule has 8 heteroatoms. The quantitative estimate of drug-likeness (QED) is 0.718. The average Bonchev–Trinajstić information content (AvgIpc) is 3.23. The molecule has 1 aromatic rings. The lowest BCUT2D eigenvalue weighted by Crippen LogP contribution is -2.50. The molecule has 0 amide bonds. The van der Waals surface area contributed by atoms with Crippen LogP contribution in [0.25, 0.3) is 0 Å². The molecule has 0 aromatic carbocycles. The van der Waals surface area contributed by atoms with Gasteiger partial charge in [-0.25, -0.2) is 9.67 Å². The zero-order valence-corrected chi connectivity index (χ0v) is 18.9. The number of anilines is 1. The highest BCUT2D eigenvalue weighted by Crippen LogP contribution is 2.31. The zero-order chi connectivity index (χ0) is 20.9. The molecular formula is C23H38N6O2. The van der Waals surface area contributed by atoms with Gasteiger partial charge in [-0.2, -0.15) is 4.98 Å². The summed E-state index contributed by atoms with van der Waals surface area (Å²) < 4.78 is 13.2. The Morgan fingerprint density at radius 2 is 1.39 bits per heavy atom. The maximum absolute atomic E-state index is 5.67. The van der Waals surface area contributed by atoms with Crippen LogP contribution in [0.1, 0.15) is 57.8 Å². The van der Waals surface area contributed by atoms with Crippen molar-refractivity contribution >= 4 is 17.6 Å². The molecule has 3 fully saturated rings. The van der Waals surface area contributed by atoms with E-state index in [1.54, 1.807) is 0 Å². The van der Waals surface area contributed by atoms with E-state index in [1.165, 1.54) is 63.5 Å². The number of fused-ring (bicyclic) bond motifs is 2. The molecule has 2 saturated heterocycles. The maximum atomic E-state index is 5.67. The van der Waals surface area contributed by atoms with Gasteiger partial charge in [0.1, 0.15) is 0 Å². The molecule has 4 heterocycles. The van der Waals surface area contributed by atoms with Crippen molar-refractivity contribution in [3.63, 3.8) is 0 Å². The third kappa shape index (κ3) is 5.12. The van der Waals surface area contributed by atoms with E-state index in [-0.39, 0.29) is 0 Å². The van der Waals surface area contributed by atoms with Crippen molar-refractivity contribution in [1.29, 1.82) is 0 Å². The first-order valence-corrected chi connectivity index (χ1v) is 12.6. The highest BCUT2D eigenvalue weighted by atomic mass is 16.5. The van der Waals surface area contributed by atoms with Gasteiger partial charge in [0.25, 0.3) is 0 Å². The van der Waals surface area contributed by atoms with Gasteiger partial charge < -0.3 is 14.4 Å². The molecule has 8 nitrogen and oxygen atoms in total. The van der Waals surface area contributed by atoms with E-state index in [0.717, 1.165) is 71.0 Å². The maximum Gasteiger partial charge on any atom is 0.249 e. The van der Waals surface area contributed by atoms with Crippen molar-refractivity contribution in [2.24, 2.45) is 10.9 Å². The van der Waals surface area contributed by atoms with Crippen molar-refractivity contribution in [3.05, 3.63) is 0 Å². The van der Waals surface area contributed by atoms with E-state index < -0.39 is 0 Å². The summed E-state index contributed by atoms with van der Waals surface area (Å²) in [5.74, 6) is 2.10. The Balaban J connectivity index is 1.43. The van der Waals surface area contributed by atoms with Crippen molar-refractivity contribution in [2.75, 3.05) is 57.5 Å². The molecule has 5 rings (SSSR count). The number of rotatable bonds is 2. The van der Waals surface area contributed by atoms with Gasteiger partial charge in [-0.05, 0) is 12.8 Å². The van der Waals surface area contributed by atoms with Crippen LogP contribution in [0.15, 0.2) is 4.99 Å². The minimum Gasteiger partial charge on any atom is -0.379 e. The molecule has 2 unspecified atom stereocenters. The van der Waals surface area contributed by atoms with E-state index in [9.17, 15) is 0 Å². The molecule has 31 heavy (non-hydrogen) atoms. The third-order valence-electron chi connectivity index (χ3n) is 7.33. The molecule has 1 aliphatic carbocycles. The lowest BCUT2D eigenvalue weighted by molar-refractivity contribution is 0.0261. The molecule has 172 valence electrons. The van der Waals surface area contributed by atoms with Gasteiger partial charge in [0, 0.05) is 43.9 Å². The molecule has 0 spiro atoms. The van der Waals surface area contributed by atoms with Crippen LogP contribution in [0.4, 0.5) is 11.9 Å². The van der Waals surface area contributed by atoms with E-state index in [1.807, 2.05) is 0 Å². The molecule has 2 atom stereocenters.